The van der Waals surface area contributed by atoms with E-state index in [9.17, 15) is 9.59 Å². The molecular formula is C16H20N2O3. The van der Waals surface area contributed by atoms with Gasteiger partial charge in [0.25, 0.3) is 0 Å². The second kappa shape index (κ2) is 6.92. The number of nitrogens with zero attached hydrogens (tertiary/aromatic N) is 2. The molecule has 0 unspecified atom stereocenters. The lowest BCUT2D eigenvalue weighted by atomic mass is 10.2. The molecule has 2 rings (SSSR count). The first-order valence-corrected chi connectivity index (χ1v) is 7.08. The number of carbonyl (C=O) groups excluding carboxylic acids is 1. The number of hydrogen-bond acceptors (Lipinski definition) is 3. The van der Waals surface area contributed by atoms with Crippen molar-refractivity contribution in [1.29, 1.82) is 0 Å². The summed E-state index contributed by atoms with van der Waals surface area (Å²) in [6.07, 6.45) is 3.66. The van der Waals surface area contributed by atoms with Crippen LogP contribution >= 0.6 is 0 Å². The summed E-state index contributed by atoms with van der Waals surface area (Å²) < 4.78 is 0. The van der Waals surface area contributed by atoms with Gasteiger partial charge in [0, 0.05) is 44.9 Å². The lowest BCUT2D eigenvalue weighted by molar-refractivity contribution is -0.131. The van der Waals surface area contributed by atoms with Gasteiger partial charge in [-0.2, -0.15) is 0 Å². The van der Waals surface area contributed by atoms with Crippen LogP contribution in [0.1, 0.15) is 18.9 Å². The van der Waals surface area contributed by atoms with Crippen molar-refractivity contribution in [3.8, 4) is 0 Å². The molecule has 21 heavy (non-hydrogen) atoms. The fourth-order valence-corrected chi connectivity index (χ4v) is 2.45. The quantitative estimate of drug-likeness (QED) is 0.862. The van der Waals surface area contributed by atoms with Crippen molar-refractivity contribution in [2.45, 2.75) is 13.3 Å². The summed E-state index contributed by atoms with van der Waals surface area (Å²) in [5.41, 5.74) is 1.97. The van der Waals surface area contributed by atoms with Crippen LogP contribution in [0.3, 0.4) is 0 Å². The number of rotatable bonds is 3. The van der Waals surface area contributed by atoms with Gasteiger partial charge >= 0.3 is 5.97 Å². The van der Waals surface area contributed by atoms with E-state index in [0.717, 1.165) is 49.9 Å². The SMILES string of the molecule is CC(=O)N1CCCN(c2ccc(C=CC(=O)O)cc2)CC1. The van der Waals surface area contributed by atoms with E-state index >= 15 is 0 Å². The standard InChI is InChI=1S/C16H20N2O3/c1-13(19)17-9-2-10-18(12-11-17)15-6-3-14(4-7-15)5-8-16(20)21/h3-8H,2,9-12H2,1H3,(H,20,21). The molecule has 112 valence electrons. The second-order valence-electron chi connectivity index (χ2n) is 5.11. The first-order chi connectivity index (χ1) is 10.1. The predicted molar refractivity (Wildman–Crippen MR) is 82.2 cm³/mol. The Bertz CT molecular complexity index is 537. The molecule has 1 aromatic rings. The van der Waals surface area contributed by atoms with Gasteiger partial charge < -0.3 is 14.9 Å². The van der Waals surface area contributed by atoms with Gasteiger partial charge in [-0.3, -0.25) is 4.79 Å². The molecule has 0 aliphatic carbocycles. The van der Waals surface area contributed by atoms with E-state index in [1.807, 2.05) is 29.2 Å². The minimum atomic E-state index is -0.948. The molecule has 1 N–H and O–H groups in total. The Morgan fingerprint density at radius 1 is 1.10 bits per heavy atom. The number of carboxylic acids is 1. The maximum Gasteiger partial charge on any atom is 0.328 e. The number of hydrogen-bond donors (Lipinski definition) is 1. The van der Waals surface area contributed by atoms with Crippen molar-refractivity contribution in [3.05, 3.63) is 35.9 Å². The average Bonchev–Trinajstić information content (AvgIpc) is 2.71. The Hall–Kier alpha value is -2.30. The maximum absolute atomic E-state index is 11.4. The van der Waals surface area contributed by atoms with E-state index in [4.69, 9.17) is 5.11 Å². The summed E-state index contributed by atoms with van der Waals surface area (Å²) in [4.78, 5) is 26.0. The smallest absolute Gasteiger partial charge is 0.328 e. The zero-order valence-corrected chi connectivity index (χ0v) is 12.2. The molecule has 1 heterocycles. The number of amides is 1. The highest BCUT2D eigenvalue weighted by Gasteiger charge is 2.16. The second-order valence-corrected chi connectivity index (χ2v) is 5.11. The lowest BCUT2D eigenvalue weighted by Gasteiger charge is -2.23. The lowest BCUT2D eigenvalue weighted by Crippen LogP contribution is -2.33. The summed E-state index contributed by atoms with van der Waals surface area (Å²) in [5.74, 6) is -0.818. The third-order valence-corrected chi connectivity index (χ3v) is 3.62. The van der Waals surface area contributed by atoms with E-state index in [-0.39, 0.29) is 5.91 Å². The van der Waals surface area contributed by atoms with Gasteiger partial charge in [-0.05, 0) is 30.2 Å². The Kier molecular flexibility index (Phi) is 4.98. The highest BCUT2D eigenvalue weighted by atomic mass is 16.4. The fraction of sp³-hybridized carbons (Fsp3) is 0.375. The van der Waals surface area contributed by atoms with Gasteiger partial charge in [0.2, 0.25) is 5.91 Å². The zero-order valence-electron chi connectivity index (χ0n) is 12.2. The Labute approximate surface area is 124 Å². The van der Waals surface area contributed by atoms with Gasteiger partial charge in [-0.1, -0.05) is 12.1 Å². The van der Waals surface area contributed by atoms with Crippen LogP contribution in [0, 0.1) is 0 Å². The van der Waals surface area contributed by atoms with E-state index in [0.29, 0.717) is 0 Å². The molecule has 1 saturated heterocycles. The van der Waals surface area contributed by atoms with Gasteiger partial charge in [0.05, 0.1) is 0 Å². The van der Waals surface area contributed by atoms with Crippen LogP contribution in [0.4, 0.5) is 5.69 Å². The van der Waals surface area contributed by atoms with Crippen molar-refractivity contribution in [2.24, 2.45) is 0 Å². The summed E-state index contributed by atoms with van der Waals surface area (Å²) in [7, 11) is 0. The molecular weight excluding hydrogens is 268 g/mol. The monoisotopic (exact) mass is 288 g/mol. The van der Waals surface area contributed by atoms with Crippen LogP contribution in [0.15, 0.2) is 30.3 Å². The molecule has 0 spiro atoms. The first kappa shape index (κ1) is 15.1. The minimum Gasteiger partial charge on any atom is -0.478 e. The molecule has 0 atom stereocenters. The Morgan fingerprint density at radius 2 is 1.81 bits per heavy atom. The molecule has 1 aromatic carbocycles. The number of aliphatic carboxylic acids is 1. The molecule has 1 aliphatic rings. The van der Waals surface area contributed by atoms with Crippen LogP contribution in [0.5, 0.6) is 0 Å². The van der Waals surface area contributed by atoms with Crippen LogP contribution in [0.25, 0.3) is 6.08 Å². The summed E-state index contributed by atoms with van der Waals surface area (Å²) in [6, 6.07) is 7.79. The highest BCUT2D eigenvalue weighted by Crippen LogP contribution is 2.18. The predicted octanol–water partition coefficient (Wildman–Crippen LogP) is 1.84. The normalized spacial score (nSPS) is 16.0. The molecule has 1 aliphatic heterocycles. The fourth-order valence-electron chi connectivity index (χ4n) is 2.45. The molecule has 0 aromatic heterocycles. The third kappa shape index (κ3) is 4.34. The molecule has 1 fully saturated rings. The molecule has 0 bridgehead atoms. The average molecular weight is 288 g/mol. The summed E-state index contributed by atoms with van der Waals surface area (Å²) in [6.45, 7) is 4.92. The maximum atomic E-state index is 11.4. The summed E-state index contributed by atoms with van der Waals surface area (Å²) >= 11 is 0. The van der Waals surface area contributed by atoms with E-state index in [2.05, 4.69) is 4.90 Å². The number of carbonyl (C=O) groups is 2. The van der Waals surface area contributed by atoms with Gasteiger partial charge in [-0.25, -0.2) is 4.79 Å². The number of carboxylic acid groups (broad SMARTS) is 1. The van der Waals surface area contributed by atoms with Crippen LogP contribution < -0.4 is 4.90 Å². The summed E-state index contributed by atoms with van der Waals surface area (Å²) in [5, 5.41) is 8.61. The van der Waals surface area contributed by atoms with Crippen LogP contribution in [0.2, 0.25) is 0 Å². The number of benzene rings is 1. The van der Waals surface area contributed by atoms with Gasteiger partial charge in [-0.15, -0.1) is 0 Å². The number of anilines is 1. The van der Waals surface area contributed by atoms with Crippen molar-refractivity contribution in [2.75, 3.05) is 31.1 Å². The molecule has 0 radical (unpaired) electrons. The third-order valence-electron chi connectivity index (χ3n) is 3.62. The van der Waals surface area contributed by atoms with Crippen molar-refractivity contribution in [1.82, 2.24) is 4.90 Å². The van der Waals surface area contributed by atoms with E-state index in [1.54, 1.807) is 13.0 Å². The van der Waals surface area contributed by atoms with Crippen molar-refractivity contribution < 1.29 is 14.7 Å². The first-order valence-electron chi connectivity index (χ1n) is 7.08. The topological polar surface area (TPSA) is 60.9 Å². The molecule has 0 saturated carbocycles. The Morgan fingerprint density at radius 3 is 2.43 bits per heavy atom. The van der Waals surface area contributed by atoms with Gasteiger partial charge in [0.1, 0.15) is 0 Å². The minimum absolute atomic E-state index is 0.131. The molecule has 1 amide bonds. The largest absolute Gasteiger partial charge is 0.478 e. The zero-order chi connectivity index (χ0) is 15.2. The van der Waals surface area contributed by atoms with Crippen LogP contribution in [-0.2, 0) is 9.59 Å². The molecule has 5 nitrogen and oxygen atoms in total. The Balaban J connectivity index is 2.01. The highest BCUT2D eigenvalue weighted by molar-refractivity contribution is 5.85. The van der Waals surface area contributed by atoms with Crippen molar-refractivity contribution >= 4 is 23.6 Å². The van der Waals surface area contributed by atoms with Gasteiger partial charge in [0.15, 0.2) is 0 Å². The van der Waals surface area contributed by atoms with Crippen molar-refractivity contribution in [3.63, 3.8) is 0 Å². The van der Waals surface area contributed by atoms with E-state index in [1.165, 1.54) is 0 Å². The van der Waals surface area contributed by atoms with Crippen LogP contribution in [-0.4, -0.2) is 48.1 Å². The molecule has 5 heteroatoms. The van der Waals surface area contributed by atoms with E-state index < -0.39 is 5.97 Å².